The van der Waals surface area contributed by atoms with Gasteiger partial charge in [-0.05, 0) is 26.0 Å². The lowest BCUT2D eigenvalue weighted by Crippen LogP contribution is -2.46. The van der Waals surface area contributed by atoms with Gasteiger partial charge in [-0.25, -0.2) is 0 Å². The van der Waals surface area contributed by atoms with Crippen molar-refractivity contribution in [2.45, 2.75) is 26.1 Å². The molecule has 1 unspecified atom stereocenters. The molecule has 24 heavy (non-hydrogen) atoms. The Balaban J connectivity index is 2.03. The summed E-state index contributed by atoms with van der Waals surface area (Å²) in [6, 6.07) is 7.37. The van der Waals surface area contributed by atoms with Crippen LogP contribution in [0.3, 0.4) is 0 Å². The third-order valence-corrected chi connectivity index (χ3v) is 4.14. The van der Waals surface area contributed by atoms with Gasteiger partial charge in [-0.3, -0.25) is 9.48 Å². The predicted molar refractivity (Wildman–Crippen MR) is 87.7 cm³/mol. The lowest BCUT2D eigenvalue weighted by Gasteiger charge is -2.35. The number of carbonyl (C=O) groups is 1. The number of aryl methyl sites for hydroxylation is 2. The number of nitrogens with zero attached hydrogens (tertiary/aromatic N) is 2. The van der Waals surface area contributed by atoms with E-state index in [9.17, 15) is 4.79 Å². The van der Waals surface area contributed by atoms with Crippen molar-refractivity contribution < 1.29 is 19.0 Å². The highest BCUT2D eigenvalue weighted by Gasteiger charge is 2.46. The smallest absolute Gasteiger partial charge is 0.273 e. The third kappa shape index (κ3) is 2.65. The van der Waals surface area contributed by atoms with Gasteiger partial charge < -0.3 is 19.5 Å². The van der Waals surface area contributed by atoms with Crippen molar-refractivity contribution >= 4 is 11.6 Å². The summed E-state index contributed by atoms with van der Waals surface area (Å²) in [4.78, 5) is 12.8. The molecular weight excluding hydrogens is 310 g/mol. The number of amides is 1. The molecule has 1 aromatic carbocycles. The molecule has 0 spiro atoms. The molecular formula is C17H21N3O4. The van der Waals surface area contributed by atoms with Crippen LogP contribution in [0.5, 0.6) is 5.75 Å². The van der Waals surface area contributed by atoms with Gasteiger partial charge in [0.05, 0.1) is 29.2 Å². The Hall–Kier alpha value is -2.38. The van der Waals surface area contributed by atoms with Crippen LogP contribution in [0.4, 0.5) is 5.69 Å². The molecule has 1 aliphatic rings. The Morgan fingerprint density at radius 2 is 2.12 bits per heavy atom. The number of anilines is 1. The van der Waals surface area contributed by atoms with E-state index in [1.54, 1.807) is 18.7 Å². The molecule has 0 aliphatic carbocycles. The van der Waals surface area contributed by atoms with Crippen LogP contribution in [0, 0.1) is 6.92 Å². The maximum atomic E-state index is 12.8. The fourth-order valence-electron chi connectivity index (χ4n) is 3.05. The monoisotopic (exact) mass is 331 g/mol. The summed E-state index contributed by atoms with van der Waals surface area (Å²) in [5.74, 6) is 0.400. The van der Waals surface area contributed by atoms with Crippen molar-refractivity contribution in [3.8, 4) is 5.75 Å². The number of para-hydroxylation sites is 2. The van der Waals surface area contributed by atoms with Crippen LogP contribution in [0.1, 0.15) is 23.9 Å². The zero-order valence-corrected chi connectivity index (χ0v) is 14.3. The number of hydrogen-bond acceptors (Lipinski definition) is 5. The van der Waals surface area contributed by atoms with Crippen LogP contribution < -0.4 is 10.1 Å². The minimum absolute atomic E-state index is 0.163. The molecule has 3 rings (SSSR count). The third-order valence-electron chi connectivity index (χ3n) is 4.14. The molecule has 7 heteroatoms. The van der Waals surface area contributed by atoms with E-state index in [0.29, 0.717) is 17.0 Å². The van der Waals surface area contributed by atoms with E-state index in [0.717, 1.165) is 11.4 Å². The summed E-state index contributed by atoms with van der Waals surface area (Å²) in [5, 5.41) is 7.35. The Bertz CT molecular complexity index is 771. The number of ether oxygens (including phenoxy) is 3. The lowest BCUT2D eigenvalue weighted by atomic mass is 9.91. The number of aromatic nitrogens is 2. The van der Waals surface area contributed by atoms with E-state index in [1.807, 2.05) is 38.2 Å². The zero-order chi connectivity index (χ0) is 17.3. The largest absolute Gasteiger partial charge is 0.471 e. The predicted octanol–water partition coefficient (Wildman–Crippen LogP) is 2.10. The van der Waals surface area contributed by atoms with Crippen molar-refractivity contribution in [2.24, 2.45) is 7.05 Å². The number of benzene rings is 1. The molecule has 2 aromatic rings. The quantitative estimate of drug-likeness (QED) is 0.671. The summed E-state index contributed by atoms with van der Waals surface area (Å²) in [6.07, 6.45) is 0. The number of fused-ring (bicyclic) bond motifs is 1. The standard InChI is InChI=1S/C17H21N3O4/c1-11-15(13(20(3)19-11)9-23-10-22-4)17(2)16(21)18-12-7-5-6-8-14(12)24-17/h5-8H,9-10H2,1-4H3,(H,18,21). The average molecular weight is 331 g/mol. The van der Waals surface area contributed by atoms with Crippen LogP contribution >= 0.6 is 0 Å². The molecule has 1 aromatic heterocycles. The number of carbonyl (C=O) groups excluding carboxylic acids is 1. The molecule has 0 fully saturated rings. The van der Waals surface area contributed by atoms with Crippen LogP contribution in [0.15, 0.2) is 24.3 Å². The fourth-order valence-corrected chi connectivity index (χ4v) is 3.05. The van der Waals surface area contributed by atoms with E-state index in [4.69, 9.17) is 14.2 Å². The molecule has 128 valence electrons. The van der Waals surface area contributed by atoms with Crippen molar-refractivity contribution in [3.05, 3.63) is 41.2 Å². The first-order valence-corrected chi connectivity index (χ1v) is 7.66. The SMILES string of the molecule is COCOCc1c(C2(C)Oc3ccccc3NC2=O)c(C)nn1C. The van der Waals surface area contributed by atoms with E-state index >= 15 is 0 Å². The second kappa shape index (κ2) is 6.26. The first-order chi connectivity index (χ1) is 11.5. The van der Waals surface area contributed by atoms with Gasteiger partial charge in [0.15, 0.2) is 0 Å². The average Bonchev–Trinajstić information content (AvgIpc) is 2.83. The van der Waals surface area contributed by atoms with Crippen LogP contribution in [-0.4, -0.2) is 29.6 Å². The lowest BCUT2D eigenvalue weighted by molar-refractivity contribution is -0.132. The number of rotatable bonds is 5. The molecule has 1 amide bonds. The molecule has 0 radical (unpaired) electrons. The summed E-state index contributed by atoms with van der Waals surface area (Å²) in [6.45, 7) is 4.05. The molecule has 1 atom stereocenters. The van der Waals surface area contributed by atoms with Crippen LogP contribution in [0.25, 0.3) is 0 Å². The highest BCUT2D eigenvalue weighted by Crippen LogP contribution is 2.40. The molecule has 1 N–H and O–H groups in total. The Morgan fingerprint density at radius 3 is 2.88 bits per heavy atom. The first kappa shape index (κ1) is 16.5. The van der Waals surface area contributed by atoms with Crippen LogP contribution in [0.2, 0.25) is 0 Å². The first-order valence-electron chi connectivity index (χ1n) is 7.66. The van der Waals surface area contributed by atoms with Gasteiger partial charge in [0.25, 0.3) is 5.91 Å². The van der Waals surface area contributed by atoms with Crippen LogP contribution in [-0.2, 0) is 33.5 Å². The van der Waals surface area contributed by atoms with Crippen molar-refractivity contribution in [3.63, 3.8) is 0 Å². The maximum Gasteiger partial charge on any atom is 0.273 e. The minimum Gasteiger partial charge on any atom is -0.471 e. The zero-order valence-electron chi connectivity index (χ0n) is 14.3. The highest BCUT2D eigenvalue weighted by atomic mass is 16.7. The second-order valence-electron chi connectivity index (χ2n) is 5.87. The van der Waals surface area contributed by atoms with E-state index in [1.165, 1.54) is 0 Å². The van der Waals surface area contributed by atoms with Gasteiger partial charge in [-0.15, -0.1) is 0 Å². The summed E-state index contributed by atoms with van der Waals surface area (Å²) in [5.41, 5.74) is 1.71. The summed E-state index contributed by atoms with van der Waals surface area (Å²) in [7, 11) is 3.38. The number of hydrogen-bond donors (Lipinski definition) is 1. The van der Waals surface area contributed by atoms with Crippen molar-refractivity contribution in [1.82, 2.24) is 9.78 Å². The number of methoxy groups -OCH3 is 1. The van der Waals surface area contributed by atoms with Gasteiger partial charge >= 0.3 is 0 Å². The topological polar surface area (TPSA) is 74.6 Å². The van der Waals surface area contributed by atoms with E-state index in [2.05, 4.69) is 10.4 Å². The van der Waals surface area contributed by atoms with Gasteiger partial charge in [0, 0.05) is 14.2 Å². The molecule has 2 heterocycles. The summed E-state index contributed by atoms with van der Waals surface area (Å²) >= 11 is 0. The van der Waals surface area contributed by atoms with E-state index < -0.39 is 5.60 Å². The second-order valence-corrected chi connectivity index (χ2v) is 5.87. The van der Waals surface area contributed by atoms with E-state index in [-0.39, 0.29) is 19.3 Å². The molecule has 0 bridgehead atoms. The van der Waals surface area contributed by atoms with Gasteiger partial charge in [-0.2, -0.15) is 5.10 Å². The fraction of sp³-hybridized carbons (Fsp3) is 0.412. The normalized spacial score (nSPS) is 19.6. The Kier molecular flexibility index (Phi) is 4.29. The molecule has 7 nitrogen and oxygen atoms in total. The molecule has 0 saturated carbocycles. The summed E-state index contributed by atoms with van der Waals surface area (Å²) < 4.78 is 18.2. The maximum absolute atomic E-state index is 12.8. The van der Waals surface area contributed by atoms with Gasteiger partial charge in [0.2, 0.25) is 5.60 Å². The van der Waals surface area contributed by atoms with Gasteiger partial charge in [0.1, 0.15) is 12.5 Å². The Morgan fingerprint density at radius 1 is 1.38 bits per heavy atom. The molecule has 0 saturated heterocycles. The molecule has 1 aliphatic heterocycles. The highest BCUT2D eigenvalue weighted by molar-refractivity contribution is 6.01. The van der Waals surface area contributed by atoms with Gasteiger partial charge in [-0.1, -0.05) is 12.1 Å². The minimum atomic E-state index is -1.18. The van der Waals surface area contributed by atoms with Crippen molar-refractivity contribution in [1.29, 1.82) is 0 Å². The Labute approximate surface area is 140 Å². The van der Waals surface area contributed by atoms with Crippen molar-refractivity contribution in [2.75, 3.05) is 19.2 Å². The number of nitrogens with one attached hydrogen (secondary N) is 1.